The van der Waals surface area contributed by atoms with Gasteiger partial charge >= 0.3 is 0 Å². The van der Waals surface area contributed by atoms with Gasteiger partial charge in [0.15, 0.2) is 0 Å². The number of hydrogen-bond donors (Lipinski definition) is 2. The molecule has 0 spiro atoms. The van der Waals surface area contributed by atoms with Crippen LogP contribution in [0.4, 0.5) is 11.8 Å². The van der Waals surface area contributed by atoms with Crippen LogP contribution in [0.1, 0.15) is 18.2 Å². The van der Waals surface area contributed by atoms with Gasteiger partial charge in [-0.2, -0.15) is 4.98 Å². The first-order valence-corrected chi connectivity index (χ1v) is 7.36. The van der Waals surface area contributed by atoms with E-state index >= 15 is 0 Å². The Morgan fingerprint density at radius 2 is 2.16 bits per heavy atom. The van der Waals surface area contributed by atoms with Crippen LogP contribution in [0.3, 0.4) is 0 Å². The van der Waals surface area contributed by atoms with E-state index in [1.54, 1.807) is 11.3 Å². The van der Waals surface area contributed by atoms with Crippen LogP contribution in [0.2, 0.25) is 0 Å². The summed E-state index contributed by atoms with van der Waals surface area (Å²) >= 11 is 1.69. The Morgan fingerprint density at radius 3 is 2.84 bits per heavy atom. The van der Waals surface area contributed by atoms with Gasteiger partial charge in [-0.15, -0.1) is 11.3 Å². The number of nitrogens with zero attached hydrogens (tertiary/aromatic N) is 3. The van der Waals surface area contributed by atoms with Gasteiger partial charge in [0.2, 0.25) is 5.95 Å². The van der Waals surface area contributed by atoms with Crippen molar-refractivity contribution >= 4 is 33.3 Å². The molecule has 2 aromatic rings. The molecule has 2 heterocycles. The predicted molar refractivity (Wildman–Crippen MR) is 82.9 cm³/mol. The molecular formula is C13H21N5S. The summed E-state index contributed by atoms with van der Waals surface area (Å²) in [4.78, 5) is 13.1. The third-order valence-corrected chi connectivity index (χ3v) is 4.06. The normalized spacial score (nSPS) is 11.4. The zero-order chi connectivity index (χ0) is 13.8. The molecule has 0 fully saturated rings. The number of aromatic nitrogens is 2. The minimum Gasteiger partial charge on any atom is -0.369 e. The molecule has 5 nitrogen and oxygen atoms in total. The second-order valence-electron chi connectivity index (χ2n) is 4.80. The maximum atomic E-state index is 5.76. The Hall–Kier alpha value is -1.40. The van der Waals surface area contributed by atoms with Crippen LogP contribution in [-0.4, -0.2) is 42.1 Å². The van der Waals surface area contributed by atoms with E-state index in [1.807, 2.05) is 0 Å². The van der Waals surface area contributed by atoms with Crippen molar-refractivity contribution in [3.05, 3.63) is 10.9 Å². The molecule has 0 saturated carbocycles. The van der Waals surface area contributed by atoms with Gasteiger partial charge in [0.25, 0.3) is 0 Å². The molecule has 0 aliphatic rings. The highest BCUT2D eigenvalue weighted by Gasteiger charge is 2.09. The van der Waals surface area contributed by atoms with E-state index in [0.29, 0.717) is 5.95 Å². The number of nitrogen functional groups attached to an aromatic ring is 1. The van der Waals surface area contributed by atoms with E-state index in [9.17, 15) is 0 Å². The summed E-state index contributed by atoms with van der Waals surface area (Å²) in [7, 11) is 4.15. The summed E-state index contributed by atoms with van der Waals surface area (Å²) < 4.78 is 0. The predicted octanol–water partition coefficient (Wildman–Crippen LogP) is 2.20. The molecule has 0 aromatic carbocycles. The van der Waals surface area contributed by atoms with Crippen LogP contribution >= 0.6 is 11.3 Å². The Bertz CT molecular complexity index is 549. The summed E-state index contributed by atoms with van der Waals surface area (Å²) in [6, 6.07) is 2.16. The molecule has 0 saturated heterocycles. The Morgan fingerprint density at radius 1 is 1.37 bits per heavy atom. The summed E-state index contributed by atoms with van der Waals surface area (Å²) in [6.07, 6.45) is 2.09. The smallest absolute Gasteiger partial charge is 0.223 e. The summed E-state index contributed by atoms with van der Waals surface area (Å²) in [5.41, 5.74) is 5.76. The van der Waals surface area contributed by atoms with E-state index in [-0.39, 0.29) is 0 Å². The minimum atomic E-state index is 0.340. The van der Waals surface area contributed by atoms with Crippen molar-refractivity contribution in [1.82, 2.24) is 14.9 Å². The Labute approximate surface area is 117 Å². The molecule has 104 valence electrons. The highest BCUT2D eigenvalue weighted by Crippen LogP contribution is 2.29. The number of nitrogens with one attached hydrogen (secondary N) is 1. The van der Waals surface area contributed by atoms with E-state index < -0.39 is 0 Å². The number of rotatable bonds is 6. The third-order valence-electron chi connectivity index (χ3n) is 2.88. The number of hydrogen-bond acceptors (Lipinski definition) is 6. The average Bonchev–Trinajstić information content (AvgIpc) is 2.77. The number of aryl methyl sites for hydroxylation is 1. The van der Waals surface area contributed by atoms with Crippen LogP contribution in [0.5, 0.6) is 0 Å². The van der Waals surface area contributed by atoms with Crippen LogP contribution in [0.15, 0.2) is 6.07 Å². The van der Waals surface area contributed by atoms with Crippen molar-refractivity contribution < 1.29 is 0 Å². The van der Waals surface area contributed by atoms with E-state index in [2.05, 4.69) is 47.3 Å². The van der Waals surface area contributed by atoms with Gasteiger partial charge in [-0.3, -0.25) is 0 Å². The van der Waals surface area contributed by atoms with Crippen molar-refractivity contribution in [1.29, 1.82) is 0 Å². The first kappa shape index (κ1) is 14.0. The molecule has 2 aromatic heterocycles. The standard InChI is InChI=1S/C13H21N5S/c1-4-9-8-10-11(15-6-5-7-18(2)3)16-13(14)17-12(10)19-9/h8H,4-7H2,1-3H3,(H3,14,15,16,17). The zero-order valence-electron chi connectivity index (χ0n) is 11.7. The third kappa shape index (κ3) is 3.54. The topological polar surface area (TPSA) is 67.1 Å². The molecule has 0 radical (unpaired) electrons. The lowest BCUT2D eigenvalue weighted by molar-refractivity contribution is 0.405. The van der Waals surface area contributed by atoms with Crippen LogP contribution in [-0.2, 0) is 6.42 Å². The summed E-state index contributed by atoms with van der Waals surface area (Å²) in [5.74, 6) is 1.20. The van der Waals surface area contributed by atoms with Crippen molar-refractivity contribution in [3.8, 4) is 0 Å². The largest absolute Gasteiger partial charge is 0.369 e. The highest BCUT2D eigenvalue weighted by molar-refractivity contribution is 7.18. The van der Waals surface area contributed by atoms with Crippen molar-refractivity contribution in [2.24, 2.45) is 0 Å². The van der Waals surface area contributed by atoms with Crippen LogP contribution in [0, 0.1) is 0 Å². The zero-order valence-corrected chi connectivity index (χ0v) is 12.5. The number of fused-ring (bicyclic) bond motifs is 1. The van der Waals surface area contributed by atoms with Crippen LogP contribution < -0.4 is 11.1 Å². The Balaban J connectivity index is 2.14. The summed E-state index contributed by atoms with van der Waals surface area (Å²) in [5, 5.41) is 4.45. The number of thiophene rings is 1. The monoisotopic (exact) mass is 279 g/mol. The molecule has 0 unspecified atom stereocenters. The molecular weight excluding hydrogens is 258 g/mol. The van der Waals surface area contributed by atoms with Crippen molar-refractivity contribution in [2.45, 2.75) is 19.8 Å². The van der Waals surface area contributed by atoms with Crippen molar-refractivity contribution in [3.63, 3.8) is 0 Å². The lowest BCUT2D eigenvalue weighted by Gasteiger charge is -2.10. The fourth-order valence-electron chi connectivity index (χ4n) is 1.90. The van der Waals surface area contributed by atoms with Gasteiger partial charge < -0.3 is 16.0 Å². The van der Waals surface area contributed by atoms with Gasteiger partial charge in [-0.25, -0.2) is 4.98 Å². The molecule has 0 aliphatic carbocycles. The molecule has 0 amide bonds. The van der Waals surface area contributed by atoms with E-state index in [1.165, 1.54) is 4.88 Å². The maximum absolute atomic E-state index is 5.76. The molecule has 3 N–H and O–H groups in total. The molecule has 2 rings (SSSR count). The van der Waals surface area contributed by atoms with Gasteiger partial charge in [-0.05, 0) is 39.5 Å². The molecule has 0 bridgehead atoms. The van der Waals surface area contributed by atoms with Crippen LogP contribution in [0.25, 0.3) is 10.2 Å². The quantitative estimate of drug-likeness (QED) is 0.794. The Kier molecular flexibility index (Phi) is 4.55. The summed E-state index contributed by atoms with van der Waals surface area (Å²) in [6.45, 7) is 4.09. The number of anilines is 2. The second kappa shape index (κ2) is 6.16. The molecule has 6 heteroatoms. The van der Waals surface area contributed by atoms with Gasteiger partial charge in [0.1, 0.15) is 10.6 Å². The van der Waals surface area contributed by atoms with E-state index in [4.69, 9.17) is 5.73 Å². The SMILES string of the molecule is CCc1cc2c(NCCCN(C)C)nc(N)nc2s1. The molecule has 0 aliphatic heterocycles. The minimum absolute atomic E-state index is 0.340. The lowest BCUT2D eigenvalue weighted by Crippen LogP contribution is -2.16. The van der Waals surface area contributed by atoms with Gasteiger partial charge in [0.05, 0.1) is 5.39 Å². The molecule has 0 atom stereocenters. The second-order valence-corrected chi connectivity index (χ2v) is 5.91. The first-order valence-electron chi connectivity index (χ1n) is 6.54. The molecule has 19 heavy (non-hydrogen) atoms. The number of nitrogens with two attached hydrogens (primary N) is 1. The van der Waals surface area contributed by atoms with Gasteiger partial charge in [-0.1, -0.05) is 6.92 Å². The maximum Gasteiger partial charge on any atom is 0.223 e. The fourth-order valence-corrected chi connectivity index (χ4v) is 2.87. The average molecular weight is 279 g/mol. The van der Waals surface area contributed by atoms with Gasteiger partial charge in [0, 0.05) is 11.4 Å². The van der Waals surface area contributed by atoms with Crippen molar-refractivity contribution in [2.75, 3.05) is 38.2 Å². The first-order chi connectivity index (χ1) is 9.10. The highest BCUT2D eigenvalue weighted by atomic mass is 32.1. The lowest BCUT2D eigenvalue weighted by atomic mass is 10.3. The fraction of sp³-hybridized carbons (Fsp3) is 0.538. The van der Waals surface area contributed by atoms with E-state index in [0.717, 1.165) is 42.0 Å².